The van der Waals surface area contributed by atoms with Gasteiger partial charge in [0.05, 0.1) is 38.4 Å². The minimum atomic E-state index is -0.643. The third-order valence-electron chi connectivity index (χ3n) is 7.32. The lowest BCUT2D eigenvalue weighted by Gasteiger charge is -2.42. The van der Waals surface area contributed by atoms with Gasteiger partial charge in [0.15, 0.2) is 0 Å². The first-order valence-electron chi connectivity index (χ1n) is 11.2. The number of hydrogen-bond acceptors (Lipinski definition) is 6. The highest BCUT2D eigenvalue weighted by molar-refractivity contribution is 5.86. The zero-order valence-corrected chi connectivity index (χ0v) is 18.9. The molecule has 2 heterocycles. The third kappa shape index (κ3) is 3.95. The molecular weight excluding hydrogens is 396 g/mol. The summed E-state index contributed by atoms with van der Waals surface area (Å²) >= 11 is 0. The van der Waals surface area contributed by atoms with E-state index in [4.69, 9.17) is 14.2 Å². The molecule has 1 aliphatic carbocycles. The Bertz CT molecular complexity index is 926. The number of fused-ring (bicyclic) bond motifs is 3. The van der Waals surface area contributed by atoms with Crippen molar-refractivity contribution in [2.75, 3.05) is 34.4 Å². The van der Waals surface area contributed by atoms with Crippen LogP contribution in [0.25, 0.3) is 10.9 Å². The van der Waals surface area contributed by atoms with Crippen molar-refractivity contribution in [1.29, 1.82) is 0 Å². The molecule has 31 heavy (non-hydrogen) atoms. The van der Waals surface area contributed by atoms with Crippen LogP contribution in [0.15, 0.2) is 18.2 Å². The van der Waals surface area contributed by atoms with Crippen molar-refractivity contribution in [3.05, 3.63) is 29.5 Å². The predicted molar refractivity (Wildman–Crippen MR) is 118 cm³/mol. The summed E-state index contributed by atoms with van der Waals surface area (Å²) in [6.45, 7) is 4.11. The largest absolute Gasteiger partial charge is 0.497 e. The topological polar surface area (TPSA) is 84.0 Å². The summed E-state index contributed by atoms with van der Waals surface area (Å²) < 4.78 is 16.1. The maximum Gasteiger partial charge on any atom is 0.311 e. The Morgan fingerprint density at radius 3 is 2.74 bits per heavy atom. The lowest BCUT2D eigenvalue weighted by molar-refractivity contribution is -0.165. The Kier molecular flexibility index (Phi) is 6.55. The number of carbonyl (C=O) groups excluding carboxylic acids is 1. The van der Waals surface area contributed by atoms with E-state index in [2.05, 4.69) is 28.9 Å². The van der Waals surface area contributed by atoms with Crippen LogP contribution in [0.5, 0.6) is 5.75 Å². The Morgan fingerprint density at radius 1 is 1.26 bits per heavy atom. The van der Waals surface area contributed by atoms with Gasteiger partial charge in [-0.1, -0.05) is 6.92 Å². The number of methoxy groups -OCH3 is 3. The molecule has 1 aliphatic heterocycles. The van der Waals surface area contributed by atoms with Gasteiger partial charge in [-0.25, -0.2) is 0 Å². The Hall–Kier alpha value is -2.09. The second-order valence-corrected chi connectivity index (χ2v) is 8.71. The van der Waals surface area contributed by atoms with E-state index in [9.17, 15) is 9.90 Å². The second-order valence-electron chi connectivity index (χ2n) is 8.71. The number of aromatic amines is 1. The van der Waals surface area contributed by atoms with E-state index in [0.29, 0.717) is 6.42 Å². The molecule has 4 rings (SSSR count). The van der Waals surface area contributed by atoms with Crippen LogP contribution in [0, 0.1) is 11.8 Å². The van der Waals surface area contributed by atoms with Crippen molar-refractivity contribution >= 4 is 16.9 Å². The summed E-state index contributed by atoms with van der Waals surface area (Å²) in [5.74, 6) is 0.153. The van der Waals surface area contributed by atoms with E-state index in [1.165, 1.54) is 23.8 Å². The fraction of sp³-hybridized carbons (Fsp3) is 0.625. The van der Waals surface area contributed by atoms with Gasteiger partial charge in [0.2, 0.25) is 0 Å². The van der Waals surface area contributed by atoms with Crippen molar-refractivity contribution in [2.45, 2.75) is 50.9 Å². The molecular formula is C24H34N2O5. The average molecular weight is 431 g/mol. The van der Waals surface area contributed by atoms with E-state index in [0.717, 1.165) is 43.6 Å². The molecule has 170 valence electrons. The van der Waals surface area contributed by atoms with E-state index in [-0.39, 0.29) is 17.9 Å². The molecule has 0 radical (unpaired) electrons. The smallest absolute Gasteiger partial charge is 0.311 e. The zero-order valence-electron chi connectivity index (χ0n) is 18.9. The highest BCUT2D eigenvalue weighted by atomic mass is 16.5. The standard InChI is InChI=1S/C24H34N2O5/c1-5-26-11-10-17-16-8-7-15(29-2)13-18(16)25-22(17)19(26)12-14-6-9-20(27)23(30-3)21(14)24(28)31-4/h7-8,13-14,19-21,23,25,27H,5-6,9-12H2,1-4H3/t14?,19-,20-,21+,23+/m1/s1. The van der Waals surface area contributed by atoms with Crippen LogP contribution in [0.2, 0.25) is 0 Å². The average Bonchev–Trinajstić information content (AvgIpc) is 3.17. The van der Waals surface area contributed by atoms with Gasteiger partial charge in [-0.15, -0.1) is 0 Å². The van der Waals surface area contributed by atoms with Gasteiger partial charge >= 0.3 is 5.97 Å². The van der Waals surface area contributed by atoms with Crippen LogP contribution in [-0.2, 0) is 20.7 Å². The molecule has 0 saturated heterocycles. The van der Waals surface area contributed by atoms with Crippen LogP contribution in [0.3, 0.4) is 0 Å². The van der Waals surface area contributed by atoms with Crippen molar-refractivity contribution < 1.29 is 24.1 Å². The lowest BCUT2D eigenvalue weighted by atomic mass is 9.72. The van der Waals surface area contributed by atoms with Gasteiger partial charge in [-0.2, -0.15) is 0 Å². The predicted octanol–water partition coefficient (Wildman–Crippen LogP) is 3.06. The molecule has 2 aliphatic rings. The summed E-state index contributed by atoms with van der Waals surface area (Å²) in [4.78, 5) is 18.8. The van der Waals surface area contributed by atoms with Gasteiger partial charge in [0, 0.05) is 36.3 Å². The SMILES string of the molecule is CCN1CCc2c([nH]c3cc(OC)ccc23)[C@H]1CC1CC[C@@H](O)[C@H](OC)[C@H]1C(=O)OC. The number of rotatable bonds is 6. The molecule has 5 atom stereocenters. The van der Waals surface area contributed by atoms with Crippen LogP contribution in [-0.4, -0.2) is 67.6 Å². The lowest BCUT2D eigenvalue weighted by Crippen LogP contribution is -2.49. The van der Waals surface area contributed by atoms with Crippen molar-refractivity contribution in [2.24, 2.45) is 11.8 Å². The highest BCUT2D eigenvalue weighted by Gasteiger charge is 2.46. The maximum atomic E-state index is 12.7. The number of carbonyl (C=O) groups is 1. The number of aliphatic hydroxyl groups excluding tert-OH is 1. The fourth-order valence-corrected chi connectivity index (χ4v) is 5.73. The number of nitrogens with zero attached hydrogens (tertiary/aromatic N) is 1. The summed E-state index contributed by atoms with van der Waals surface area (Å²) in [7, 11) is 4.66. The maximum absolute atomic E-state index is 12.7. The van der Waals surface area contributed by atoms with Crippen LogP contribution in [0.4, 0.5) is 0 Å². The molecule has 1 fully saturated rings. The molecule has 0 spiro atoms. The summed E-state index contributed by atoms with van der Waals surface area (Å²) in [6, 6.07) is 6.38. The number of benzene rings is 1. The number of ether oxygens (including phenoxy) is 3. The minimum absolute atomic E-state index is 0.0757. The summed E-state index contributed by atoms with van der Waals surface area (Å²) in [6.07, 6.45) is 2.05. The van der Waals surface area contributed by atoms with E-state index in [1.807, 2.05) is 6.07 Å². The summed E-state index contributed by atoms with van der Waals surface area (Å²) in [5.41, 5.74) is 3.69. The molecule has 2 aromatic rings. The van der Waals surface area contributed by atoms with E-state index in [1.54, 1.807) is 14.2 Å². The van der Waals surface area contributed by atoms with Crippen LogP contribution < -0.4 is 4.74 Å². The van der Waals surface area contributed by atoms with Crippen molar-refractivity contribution in [1.82, 2.24) is 9.88 Å². The van der Waals surface area contributed by atoms with Gasteiger partial charge < -0.3 is 24.3 Å². The van der Waals surface area contributed by atoms with Crippen LogP contribution in [0.1, 0.15) is 43.5 Å². The Morgan fingerprint density at radius 2 is 2.06 bits per heavy atom. The first-order chi connectivity index (χ1) is 15.0. The molecule has 0 bridgehead atoms. The first-order valence-corrected chi connectivity index (χ1v) is 11.2. The fourth-order valence-electron chi connectivity index (χ4n) is 5.73. The van der Waals surface area contributed by atoms with Crippen LogP contribution >= 0.6 is 0 Å². The zero-order chi connectivity index (χ0) is 22.1. The first kappa shape index (κ1) is 22.1. The number of esters is 1. The summed E-state index contributed by atoms with van der Waals surface area (Å²) in [5, 5.41) is 11.7. The minimum Gasteiger partial charge on any atom is -0.497 e. The number of nitrogens with one attached hydrogen (secondary N) is 1. The molecule has 1 unspecified atom stereocenters. The molecule has 1 saturated carbocycles. The monoisotopic (exact) mass is 430 g/mol. The normalized spacial score (nSPS) is 29.0. The van der Waals surface area contributed by atoms with Gasteiger partial charge in [0.1, 0.15) is 5.75 Å². The van der Waals surface area contributed by atoms with Crippen molar-refractivity contribution in [3.63, 3.8) is 0 Å². The highest BCUT2D eigenvalue weighted by Crippen LogP contribution is 2.43. The third-order valence-corrected chi connectivity index (χ3v) is 7.32. The molecule has 0 amide bonds. The molecule has 2 N–H and O–H groups in total. The Labute approximate surface area is 183 Å². The number of aromatic nitrogens is 1. The molecule has 7 nitrogen and oxygen atoms in total. The molecule has 1 aromatic heterocycles. The van der Waals surface area contributed by atoms with E-state index >= 15 is 0 Å². The van der Waals surface area contributed by atoms with Gasteiger partial charge in [-0.05, 0) is 55.8 Å². The number of hydrogen-bond donors (Lipinski definition) is 2. The van der Waals surface area contributed by atoms with E-state index < -0.39 is 18.1 Å². The molecule has 1 aromatic carbocycles. The molecule has 7 heteroatoms. The van der Waals surface area contributed by atoms with Gasteiger partial charge in [0.25, 0.3) is 0 Å². The quantitative estimate of drug-likeness (QED) is 0.686. The number of aliphatic hydroxyl groups is 1. The van der Waals surface area contributed by atoms with Crippen molar-refractivity contribution in [3.8, 4) is 5.75 Å². The second kappa shape index (κ2) is 9.18. The number of H-pyrrole nitrogens is 1. The van der Waals surface area contributed by atoms with Gasteiger partial charge in [-0.3, -0.25) is 9.69 Å². The number of likely N-dealkylation sites (N-methyl/N-ethyl adjacent to an activating group) is 1. The Balaban J connectivity index is 1.70.